The Bertz CT molecular complexity index is 1030. The smallest absolute Gasteiger partial charge is 0.146 e. The molecule has 0 saturated heterocycles. The van der Waals surface area contributed by atoms with Crippen LogP contribution in [0.3, 0.4) is 0 Å². The first-order chi connectivity index (χ1) is 13.6. The molecule has 0 bridgehead atoms. The number of aliphatic hydroxyl groups excluding tert-OH is 1. The van der Waals surface area contributed by atoms with Crippen LogP contribution in [0, 0.1) is 13.8 Å². The van der Waals surface area contributed by atoms with Crippen molar-refractivity contribution < 1.29 is 9.84 Å². The van der Waals surface area contributed by atoms with Gasteiger partial charge < -0.3 is 14.8 Å². The molecule has 1 aliphatic heterocycles. The third-order valence-electron chi connectivity index (χ3n) is 5.57. The fraction of sp³-hybridized carbons (Fsp3) is 0.292. The van der Waals surface area contributed by atoms with Crippen molar-refractivity contribution in [3.05, 3.63) is 81.0 Å². The van der Waals surface area contributed by atoms with Gasteiger partial charge in [-0.05, 0) is 66.7 Å². The number of H-pyrrole nitrogens is 1. The summed E-state index contributed by atoms with van der Waals surface area (Å²) in [6, 6.07) is 8.47. The number of nitrogens with one attached hydrogen (secondary N) is 1. The lowest BCUT2D eigenvalue weighted by Crippen LogP contribution is -1.96. The maximum atomic E-state index is 9.14. The Morgan fingerprint density at radius 3 is 2.79 bits per heavy atom. The first-order valence-corrected chi connectivity index (χ1v) is 9.75. The number of aliphatic imine (C=N–C) groups is 1. The van der Waals surface area contributed by atoms with Gasteiger partial charge in [0.1, 0.15) is 11.5 Å². The second-order valence-electron chi connectivity index (χ2n) is 7.38. The van der Waals surface area contributed by atoms with Gasteiger partial charge in [-0.1, -0.05) is 24.3 Å². The highest BCUT2D eigenvalue weighted by Crippen LogP contribution is 2.32. The molecule has 0 radical (unpaired) electrons. The van der Waals surface area contributed by atoms with Gasteiger partial charge in [-0.25, -0.2) is 4.99 Å². The first kappa shape index (κ1) is 18.5. The molecule has 4 nitrogen and oxygen atoms in total. The van der Waals surface area contributed by atoms with Crippen molar-refractivity contribution in [3.8, 4) is 0 Å². The molecule has 2 N–H and O–H groups in total. The van der Waals surface area contributed by atoms with Crippen LogP contribution in [-0.2, 0) is 17.6 Å². The third-order valence-corrected chi connectivity index (χ3v) is 5.57. The number of methoxy groups -OCH3 is 1. The molecular weight excluding hydrogens is 348 g/mol. The van der Waals surface area contributed by atoms with Gasteiger partial charge >= 0.3 is 0 Å². The minimum absolute atomic E-state index is 0.211. The van der Waals surface area contributed by atoms with Gasteiger partial charge in [0.25, 0.3) is 0 Å². The number of ether oxygens (including phenoxy) is 1. The second kappa shape index (κ2) is 7.64. The van der Waals surface area contributed by atoms with Gasteiger partial charge in [-0.15, -0.1) is 0 Å². The van der Waals surface area contributed by atoms with E-state index in [1.54, 1.807) is 7.11 Å². The van der Waals surface area contributed by atoms with Gasteiger partial charge in [-0.3, -0.25) is 0 Å². The summed E-state index contributed by atoms with van der Waals surface area (Å²) in [4.78, 5) is 8.34. The van der Waals surface area contributed by atoms with Gasteiger partial charge in [0, 0.05) is 30.5 Å². The summed E-state index contributed by atoms with van der Waals surface area (Å²) in [5, 5.41) is 9.14. The average molecular weight is 374 g/mol. The summed E-state index contributed by atoms with van der Waals surface area (Å²) in [6.07, 6.45) is 8.87. The van der Waals surface area contributed by atoms with Crippen LogP contribution in [0.1, 0.15) is 40.1 Å². The molecule has 4 heteroatoms. The minimum Gasteiger partial charge on any atom is -0.494 e. The SMILES string of the molecule is COC1=CC(C2=Cc3ccccc3C2)=N/C1=C\c1[nH]c(C)c(CCCO)c1C. The molecule has 4 rings (SSSR count). The zero-order chi connectivity index (χ0) is 19.7. The number of fused-ring (bicyclic) bond motifs is 1. The molecule has 1 aliphatic carbocycles. The van der Waals surface area contributed by atoms with Crippen molar-refractivity contribution in [2.24, 2.45) is 4.99 Å². The van der Waals surface area contributed by atoms with Crippen LogP contribution in [0.25, 0.3) is 12.2 Å². The zero-order valence-corrected chi connectivity index (χ0v) is 16.7. The maximum absolute atomic E-state index is 9.14. The zero-order valence-electron chi connectivity index (χ0n) is 16.7. The van der Waals surface area contributed by atoms with E-state index >= 15 is 0 Å². The Morgan fingerprint density at radius 1 is 1.21 bits per heavy atom. The van der Waals surface area contributed by atoms with Crippen LogP contribution in [0.2, 0.25) is 0 Å². The quantitative estimate of drug-likeness (QED) is 0.781. The molecule has 0 saturated carbocycles. The third kappa shape index (κ3) is 3.36. The molecule has 0 fully saturated rings. The van der Waals surface area contributed by atoms with Crippen LogP contribution in [0.15, 0.2) is 52.4 Å². The van der Waals surface area contributed by atoms with Gasteiger partial charge in [0.2, 0.25) is 0 Å². The van der Waals surface area contributed by atoms with E-state index in [0.29, 0.717) is 0 Å². The number of benzene rings is 1. The number of hydrogen-bond donors (Lipinski definition) is 2. The Hall–Kier alpha value is -2.85. The summed E-state index contributed by atoms with van der Waals surface area (Å²) in [5.41, 5.74) is 10.3. The minimum atomic E-state index is 0.211. The topological polar surface area (TPSA) is 57.6 Å². The molecule has 0 unspecified atom stereocenters. The van der Waals surface area contributed by atoms with E-state index in [4.69, 9.17) is 14.8 Å². The maximum Gasteiger partial charge on any atom is 0.146 e. The van der Waals surface area contributed by atoms with E-state index in [1.165, 1.54) is 27.8 Å². The number of nitrogens with zero attached hydrogens (tertiary/aromatic N) is 1. The molecule has 2 aliphatic rings. The molecule has 2 heterocycles. The van der Waals surface area contributed by atoms with Crippen molar-refractivity contribution in [1.29, 1.82) is 0 Å². The normalized spacial score (nSPS) is 16.9. The summed E-state index contributed by atoms with van der Waals surface area (Å²) in [5.74, 6) is 0.787. The fourth-order valence-corrected chi connectivity index (χ4v) is 4.02. The first-order valence-electron chi connectivity index (χ1n) is 9.75. The highest BCUT2D eigenvalue weighted by atomic mass is 16.5. The number of hydrogen-bond acceptors (Lipinski definition) is 3. The molecule has 1 aromatic heterocycles. The van der Waals surface area contributed by atoms with Crippen LogP contribution >= 0.6 is 0 Å². The lowest BCUT2D eigenvalue weighted by atomic mass is 10.0. The number of aryl methyl sites for hydroxylation is 1. The molecule has 2 aromatic rings. The Morgan fingerprint density at radius 2 is 2.04 bits per heavy atom. The second-order valence-corrected chi connectivity index (χ2v) is 7.38. The van der Waals surface area contributed by atoms with E-state index in [-0.39, 0.29) is 6.61 Å². The van der Waals surface area contributed by atoms with Crippen molar-refractivity contribution in [2.45, 2.75) is 33.1 Å². The molecule has 1 aromatic carbocycles. The van der Waals surface area contributed by atoms with Crippen molar-refractivity contribution in [2.75, 3.05) is 13.7 Å². The lowest BCUT2D eigenvalue weighted by Gasteiger charge is -2.02. The molecule has 0 spiro atoms. The molecule has 0 amide bonds. The standard InChI is InChI=1S/C24H26N2O2/c1-15-20(9-6-10-27)16(2)25-21(15)13-23-24(28-3)14-22(26-23)19-11-17-7-4-5-8-18(17)12-19/h4-5,7-8,11,13-14,25,27H,6,9-10,12H2,1-3H3/b23-13-. The van der Waals surface area contributed by atoms with Crippen LogP contribution in [-0.4, -0.2) is 29.5 Å². The summed E-state index contributed by atoms with van der Waals surface area (Å²) >= 11 is 0. The van der Waals surface area contributed by atoms with Gasteiger partial charge in [0.15, 0.2) is 0 Å². The Labute approximate surface area is 166 Å². The van der Waals surface area contributed by atoms with Crippen LogP contribution < -0.4 is 0 Å². The van der Waals surface area contributed by atoms with Gasteiger partial charge in [0.05, 0.1) is 12.8 Å². The van der Waals surface area contributed by atoms with Crippen molar-refractivity contribution in [1.82, 2.24) is 4.98 Å². The molecular formula is C24H26N2O2. The molecule has 28 heavy (non-hydrogen) atoms. The molecule has 144 valence electrons. The largest absolute Gasteiger partial charge is 0.494 e. The van der Waals surface area contributed by atoms with E-state index in [2.05, 4.69) is 55.2 Å². The highest BCUT2D eigenvalue weighted by Gasteiger charge is 2.22. The Kier molecular flexibility index (Phi) is 5.05. The van der Waals surface area contributed by atoms with E-state index in [9.17, 15) is 0 Å². The summed E-state index contributed by atoms with van der Waals surface area (Å²) in [7, 11) is 1.69. The number of rotatable bonds is 6. The predicted molar refractivity (Wildman–Crippen MR) is 114 cm³/mol. The van der Waals surface area contributed by atoms with Crippen LogP contribution in [0.5, 0.6) is 0 Å². The monoisotopic (exact) mass is 374 g/mol. The fourth-order valence-electron chi connectivity index (χ4n) is 4.02. The van der Waals surface area contributed by atoms with E-state index < -0.39 is 0 Å². The summed E-state index contributed by atoms with van der Waals surface area (Å²) < 4.78 is 5.61. The van der Waals surface area contributed by atoms with Crippen LogP contribution in [0.4, 0.5) is 0 Å². The average Bonchev–Trinajstić information content (AvgIpc) is 3.37. The number of allylic oxidation sites excluding steroid dienone is 2. The predicted octanol–water partition coefficient (Wildman–Crippen LogP) is 4.52. The van der Waals surface area contributed by atoms with Gasteiger partial charge in [-0.2, -0.15) is 0 Å². The van der Waals surface area contributed by atoms with E-state index in [1.807, 2.05) is 6.08 Å². The number of aliphatic hydroxyl groups is 1. The summed E-state index contributed by atoms with van der Waals surface area (Å²) in [6.45, 7) is 4.41. The Balaban J connectivity index is 1.65. The van der Waals surface area contributed by atoms with Crippen molar-refractivity contribution >= 4 is 17.9 Å². The number of aromatic nitrogens is 1. The lowest BCUT2D eigenvalue weighted by molar-refractivity contribution is 0.288. The van der Waals surface area contributed by atoms with Crippen molar-refractivity contribution in [3.63, 3.8) is 0 Å². The van der Waals surface area contributed by atoms with E-state index in [0.717, 1.165) is 47.8 Å². The number of aromatic amines is 1. The molecule has 0 atom stereocenters. The highest BCUT2D eigenvalue weighted by molar-refractivity contribution is 6.15.